The summed E-state index contributed by atoms with van der Waals surface area (Å²) in [4.78, 5) is 11.7. The van der Waals surface area contributed by atoms with Gasteiger partial charge in [0.2, 0.25) is 5.91 Å². The van der Waals surface area contributed by atoms with E-state index in [-0.39, 0.29) is 12.0 Å². The number of carbonyl (C=O) groups excluding carboxylic acids is 1. The molecule has 5 heteroatoms. The molecular formula is C15H22N2O3. The van der Waals surface area contributed by atoms with Crippen LogP contribution < -0.4 is 11.1 Å². The minimum Gasteiger partial charge on any atom is -0.397 e. The Labute approximate surface area is 119 Å². The molecule has 0 spiro atoms. The summed E-state index contributed by atoms with van der Waals surface area (Å²) in [7, 11) is 0. The first-order valence-electron chi connectivity index (χ1n) is 7.09. The van der Waals surface area contributed by atoms with Crippen LogP contribution in [0.4, 0.5) is 11.4 Å². The van der Waals surface area contributed by atoms with Crippen LogP contribution >= 0.6 is 0 Å². The van der Waals surface area contributed by atoms with Crippen LogP contribution in [0.1, 0.15) is 25.7 Å². The number of carbonyl (C=O) groups is 1. The minimum atomic E-state index is -0.0903. The van der Waals surface area contributed by atoms with Gasteiger partial charge in [-0.25, -0.2) is 0 Å². The molecular weight excluding hydrogens is 256 g/mol. The van der Waals surface area contributed by atoms with E-state index >= 15 is 0 Å². The van der Waals surface area contributed by atoms with Gasteiger partial charge in [-0.2, -0.15) is 0 Å². The third-order valence-electron chi connectivity index (χ3n) is 3.29. The second kappa shape index (κ2) is 7.87. The van der Waals surface area contributed by atoms with Gasteiger partial charge in [-0.3, -0.25) is 4.79 Å². The van der Waals surface area contributed by atoms with Gasteiger partial charge in [0.05, 0.1) is 37.1 Å². The largest absolute Gasteiger partial charge is 0.397 e. The molecule has 0 saturated carbocycles. The number of amides is 1. The Bertz CT molecular complexity index is 431. The van der Waals surface area contributed by atoms with E-state index in [1.165, 1.54) is 6.42 Å². The van der Waals surface area contributed by atoms with Crippen LogP contribution in [0.15, 0.2) is 24.3 Å². The number of benzene rings is 1. The molecule has 2 rings (SSSR count). The van der Waals surface area contributed by atoms with Gasteiger partial charge in [-0.05, 0) is 31.4 Å². The highest BCUT2D eigenvalue weighted by molar-refractivity contribution is 5.93. The van der Waals surface area contributed by atoms with Crippen LogP contribution in [0.3, 0.4) is 0 Å². The Morgan fingerprint density at radius 1 is 1.40 bits per heavy atom. The highest BCUT2D eigenvalue weighted by Crippen LogP contribution is 2.17. The van der Waals surface area contributed by atoms with Crippen molar-refractivity contribution in [2.24, 2.45) is 0 Å². The van der Waals surface area contributed by atoms with Crippen molar-refractivity contribution in [1.29, 1.82) is 0 Å². The number of nitrogens with one attached hydrogen (secondary N) is 1. The summed E-state index contributed by atoms with van der Waals surface area (Å²) in [5.74, 6) is -0.0903. The lowest BCUT2D eigenvalue weighted by molar-refractivity contribution is -0.117. The number of hydrogen-bond donors (Lipinski definition) is 2. The van der Waals surface area contributed by atoms with Crippen LogP contribution in [0, 0.1) is 0 Å². The Morgan fingerprint density at radius 3 is 3.00 bits per heavy atom. The molecule has 1 unspecified atom stereocenters. The van der Waals surface area contributed by atoms with Gasteiger partial charge in [0, 0.05) is 6.61 Å². The molecule has 1 aliphatic rings. The molecule has 0 aliphatic carbocycles. The monoisotopic (exact) mass is 278 g/mol. The normalized spacial score (nSPS) is 18.7. The second-order valence-electron chi connectivity index (χ2n) is 4.95. The van der Waals surface area contributed by atoms with Gasteiger partial charge in [0.25, 0.3) is 0 Å². The molecule has 110 valence electrons. The molecule has 0 bridgehead atoms. The summed E-state index contributed by atoms with van der Waals surface area (Å²) in [5, 5.41) is 2.77. The number of rotatable bonds is 6. The summed E-state index contributed by atoms with van der Waals surface area (Å²) < 4.78 is 11.0. The van der Waals surface area contributed by atoms with Gasteiger partial charge in [-0.15, -0.1) is 0 Å². The topological polar surface area (TPSA) is 73.6 Å². The fourth-order valence-corrected chi connectivity index (χ4v) is 2.14. The highest BCUT2D eigenvalue weighted by Gasteiger charge is 2.13. The third kappa shape index (κ3) is 4.83. The lowest BCUT2D eigenvalue weighted by atomic mass is 10.1. The fourth-order valence-electron chi connectivity index (χ4n) is 2.14. The van der Waals surface area contributed by atoms with Gasteiger partial charge in [0.15, 0.2) is 0 Å². The molecule has 0 radical (unpaired) electrons. The van der Waals surface area contributed by atoms with E-state index in [9.17, 15) is 4.79 Å². The van der Waals surface area contributed by atoms with Gasteiger partial charge in [-0.1, -0.05) is 12.1 Å². The zero-order valence-corrected chi connectivity index (χ0v) is 11.6. The SMILES string of the molecule is Nc1ccccc1NC(=O)CCOCC1CCCCO1. The molecule has 1 saturated heterocycles. The van der Waals surface area contributed by atoms with Crippen molar-refractivity contribution >= 4 is 17.3 Å². The van der Waals surface area contributed by atoms with Crippen LogP contribution in [0.2, 0.25) is 0 Å². The van der Waals surface area contributed by atoms with Gasteiger partial charge in [0.1, 0.15) is 0 Å². The molecule has 5 nitrogen and oxygen atoms in total. The number of hydrogen-bond acceptors (Lipinski definition) is 4. The standard InChI is InChI=1S/C15H22N2O3/c16-13-6-1-2-7-14(13)17-15(18)8-10-19-11-12-5-3-4-9-20-12/h1-2,6-7,12H,3-5,8-11,16H2,(H,17,18). The molecule has 1 amide bonds. The summed E-state index contributed by atoms with van der Waals surface area (Å²) in [6.45, 7) is 1.79. The van der Waals surface area contributed by atoms with Crippen LogP contribution in [0.5, 0.6) is 0 Å². The number of anilines is 2. The second-order valence-corrected chi connectivity index (χ2v) is 4.95. The predicted molar refractivity (Wildman–Crippen MR) is 78.5 cm³/mol. The quantitative estimate of drug-likeness (QED) is 0.618. The van der Waals surface area contributed by atoms with Crippen molar-refractivity contribution in [1.82, 2.24) is 0 Å². The van der Waals surface area contributed by atoms with E-state index in [4.69, 9.17) is 15.2 Å². The minimum absolute atomic E-state index is 0.0903. The smallest absolute Gasteiger partial charge is 0.226 e. The van der Waals surface area contributed by atoms with Crippen LogP contribution in [0.25, 0.3) is 0 Å². The average molecular weight is 278 g/mol. The van der Waals surface area contributed by atoms with E-state index in [1.54, 1.807) is 12.1 Å². The van der Waals surface area contributed by atoms with Crippen LogP contribution in [-0.4, -0.2) is 31.8 Å². The highest BCUT2D eigenvalue weighted by atomic mass is 16.5. The molecule has 0 aromatic heterocycles. The Balaban J connectivity index is 1.61. The van der Waals surface area contributed by atoms with Crippen molar-refractivity contribution in [3.63, 3.8) is 0 Å². The first kappa shape index (κ1) is 14.8. The molecule has 1 heterocycles. The first-order chi connectivity index (χ1) is 9.75. The average Bonchev–Trinajstić information content (AvgIpc) is 2.47. The van der Waals surface area contributed by atoms with Gasteiger partial charge < -0.3 is 20.5 Å². The third-order valence-corrected chi connectivity index (χ3v) is 3.29. The number of para-hydroxylation sites is 2. The van der Waals surface area contributed by atoms with E-state index in [0.29, 0.717) is 31.0 Å². The van der Waals surface area contributed by atoms with E-state index in [0.717, 1.165) is 19.4 Å². The molecule has 3 N–H and O–H groups in total. The number of nitrogen functional groups attached to an aromatic ring is 1. The maximum absolute atomic E-state index is 11.7. The van der Waals surface area contributed by atoms with Crippen LogP contribution in [-0.2, 0) is 14.3 Å². The molecule has 1 fully saturated rings. The van der Waals surface area contributed by atoms with E-state index in [1.807, 2.05) is 12.1 Å². The Hall–Kier alpha value is -1.59. The Kier molecular flexibility index (Phi) is 5.83. The first-order valence-corrected chi connectivity index (χ1v) is 7.09. The predicted octanol–water partition coefficient (Wildman–Crippen LogP) is 2.18. The fraction of sp³-hybridized carbons (Fsp3) is 0.533. The van der Waals surface area contributed by atoms with Crippen molar-refractivity contribution in [2.75, 3.05) is 30.9 Å². The summed E-state index contributed by atoms with van der Waals surface area (Å²) >= 11 is 0. The number of nitrogens with two attached hydrogens (primary N) is 1. The van der Waals surface area contributed by atoms with Gasteiger partial charge >= 0.3 is 0 Å². The van der Waals surface area contributed by atoms with Crippen molar-refractivity contribution in [2.45, 2.75) is 31.8 Å². The lowest BCUT2D eigenvalue weighted by Gasteiger charge is -2.22. The summed E-state index contributed by atoms with van der Waals surface area (Å²) in [5.41, 5.74) is 6.97. The van der Waals surface area contributed by atoms with E-state index < -0.39 is 0 Å². The molecule has 1 aromatic rings. The van der Waals surface area contributed by atoms with Crippen molar-refractivity contribution in [3.05, 3.63) is 24.3 Å². The lowest BCUT2D eigenvalue weighted by Crippen LogP contribution is -2.25. The molecule has 1 atom stereocenters. The zero-order chi connectivity index (χ0) is 14.2. The molecule has 1 aliphatic heterocycles. The Morgan fingerprint density at radius 2 is 2.25 bits per heavy atom. The molecule has 1 aromatic carbocycles. The number of ether oxygens (including phenoxy) is 2. The maximum atomic E-state index is 11.7. The van der Waals surface area contributed by atoms with Crippen molar-refractivity contribution < 1.29 is 14.3 Å². The zero-order valence-electron chi connectivity index (χ0n) is 11.6. The summed E-state index contributed by atoms with van der Waals surface area (Å²) in [6, 6.07) is 7.21. The van der Waals surface area contributed by atoms with Crippen molar-refractivity contribution in [3.8, 4) is 0 Å². The van der Waals surface area contributed by atoms with E-state index in [2.05, 4.69) is 5.32 Å². The maximum Gasteiger partial charge on any atom is 0.226 e. The summed E-state index contributed by atoms with van der Waals surface area (Å²) in [6.07, 6.45) is 3.89. The molecule has 20 heavy (non-hydrogen) atoms.